The van der Waals surface area contributed by atoms with Crippen LogP contribution in [0, 0.1) is 5.92 Å². The lowest BCUT2D eigenvalue weighted by Gasteiger charge is -2.20. The highest BCUT2D eigenvalue weighted by Gasteiger charge is 2.24. The van der Waals surface area contributed by atoms with E-state index in [1.54, 1.807) is 11.3 Å². The van der Waals surface area contributed by atoms with Crippen molar-refractivity contribution < 1.29 is 0 Å². The van der Waals surface area contributed by atoms with Crippen molar-refractivity contribution >= 4 is 33.2 Å². The van der Waals surface area contributed by atoms with Crippen LogP contribution in [0.15, 0.2) is 11.4 Å². The Morgan fingerprint density at radius 1 is 1.42 bits per heavy atom. The fourth-order valence-electron chi connectivity index (χ4n) is 2.35. The molecule has 1 aliphatic carbocycles. The van der Waals surface area contributed by atoms with Crippen molar-refractivity contribution in [1.82, 2.24) is 14.9 Å². The summed E-state index contributed by atoms with van der Waals surface area (Å²) in [6.45, 7) is 5.32. The van der Waals surface area contributed by atoms with E-state index < -0.39 is 0 Å². The van der Waals surface area contributed by atoms with Crippen molar-refractivity contribution in [3.05, 3.63) is 22.4 Å². The van der Waals surface area contributed by atoms with Gasteiger partial charge in [-0.05, 0) is 43.2 Å². The highest BCUT2D eigenvalue weighted by molar-refractivity contribution is 7.16. The van der Waals surface area contributed by atoms with Gasteiger partial charge < -0.3 is 0 Å². The first kappa shape index (κ1) is 13.3. The molecule has 0 saturated heterocycles. The normalized spacial score (nSPS) is 15.5. The monoisotopic (exact) mass is 295 g/mol. The Morgan fingerprint density at radius 2 is 2.26 bits per heavy atom. The molecule has 0 atom stereocenters. The second-order valence-electron chi connectivity index (χ2n) is 5.25. The average molecular weight is 296 g/mol. The summed E-state index contributed by atoms with van der Waals surface area (Å²) < 4.78 is 0. The van der Waals surface area contributed by atoms with Crippen LogP contribution >= 0.6 is 22.9 Å². The van der Waals surface area contributed by atoms with Gasteiger partial charge in [0.2, 0.25) is 0 Å². The van der Waals surface area contributed by atoms with Crippen LogP contribution in [0.3, 0.4) is 0 Å². The Bertz CT molecular complexity index is 565. The molecule has 0 aliphatic heterocycles. The SMILES string of the molecule is CCCN(Cc1nc(Cl)c2ccsc2n1)CC1CC1. The second kappa shape index (κ2) is 5.73. The predicted molar refractivity (Wildman–Crippen MR) is 80.7 cm³/mol. The van der Waals surface area contributed by atoms with Crippen molar-refractivity contribution in [2.75, 3.05) is 13.1 Å². The molecule has 0 unspecified atom stereocenters. The topological polar surface area (TPSA) is 29.0 Å². The van der Waals surface area contributed by atoms with E-state index in [2.05, 4.69) is 21.8 Å². The van der Waals surface area contributed by atoms with Crippen molar-refractivity contribution in [2.24, 2.45) is 5.92 Å². The number of rotatable bonds is 6. The molecule has 0 spiro atoms. The van der Waals surface area contributed by atoms with Gasteiger partial charge in [-0.3, -0.25) is 4.90 Å². The number of aromatic nitrogens is 2. The molecule has 0 aromatic carbocycles. The Balaban J connectivity index is 1.77. The maximum Gasteiger partial charge on any atom is 0.145 e. The molecule has 2 aromatic rings. The first-order valence-electron chi connectivity index (χ1n) is 6.88. The van der Waals surface area contributed by atoms with Crippen LogP contribution in [-0.4, -0.2) is 28.0 Å². The number of halogens is 1. The van der Waals surface area contributed by atoms with E-state index in [0.29, 0.717) is 5.15 Å². The summed E-state index contributed by atoms with van der Waals surface area (Å²) in [6, 6.07) is 1.99. The summed E-state index contributed by atoms with van der Waals surface area (Å²) in [6.07, 6.45) is 3.93. The summed E-state index contributed by atoms with van der Waals surface area (Å²) in [5, 5.41) is 3.58. The zero-order valence-electron chi connectivity index (χ0n) is 11.1. The molecular formula is C14H18ClN3S. The van der Waals surface area contributed by atoms with Crippen LogP contribution in [0.5, 0.6) is 0 Å². The number of hydrogen-bond donors (Lipinski definition) is 0. The fourth-order valence-corrected chi connectivity index (χ4v) is 3.44. The van der Waals surface area contributed by atoms with Crippen LogP contribution in [-0.2, 0) is 6.54 Å². The Kier molecular flexibility index (Phi) is 4.01. The molecule has 19 heavy (non-hydrogen) atoms. The zero-order valence-corrected chi connectivity index (χ0v) is 12.7. The quantitative estimate of drug-likeness (QED) is 0.755. The van der Waals surface area contributed by atoms with Crippen molar-refractivity contribution in [3.63, 3.8) is 0 Å². The molecule has 0 N–H and O–H groups in total. The molecule has 0 amide bonds. The van der Waals surface area contributed by atoms with Crippen LogP contribution in [0.4, 0.5) is 0 Å². The lowest BCUT2D eigenvalue weighted by molar-refractivity contribution is 0.249. The molecule has 3 rings (SSSR count). The van der Waals surface area contributed by atoms with E-state index in [-0.39, 0.29) is 0 Å². The molecule has 1 saturated carbocycles. The van der Waals surface area contributed by atoms with Gasteiger partial charge in [0.05, 0.1) is 6.54 Å². The second-order valence-corrected chi connectivity index (χ2v) is 6.50. The third-order valence-electron chi connectivity index (χ3n) is 3.44. The van der Waals surface area contributed by atoms with E-state index >= 15 is 0 Å². The standard InChI is InChI=1S/C14H18ClN3S/c1-2-6-18(8-10-3-4-10)9-12-16-13(15)11-5-7-19-14(11)17-12/h5,7,10H,2-4,6,8-9H2,1H3. The van der Waals surface area contributed by atoms with Gasteiger partial charge in [-0.15, -0.1) is 11.3 Å². The molecule has 2 heterocycles. The van der Waals surface area contributed by atoms with E-state index in [1.165, 1.54) is 25.8 Å². The first-order valence-corrected chi connectivity index (χ1v) is 8.14. The van der Waals surface area contributed by atoms with Crippen LogP contribution in [0.25, 0.3) is 10.2 Å². The lowest BCUT2D eigenvalue weighted by Crippen LogP contribution is -2.27. The Hall–Kier alpha value is -0.710. The van der Waals surface area contributed by atoms with Crippen LogP contribution in [0.1, 0.15) is 32.0 Å². The zero-order chi connectivity index (χ0) is 13.2. The summed E-state index contributed by atoms with van der Waals surface area (Å²) >= 11 is 7.85. The molecule has 2 aromatic heterocycles. The highest BCUT2D eigenvalue weighted by atomic mass is 35.5. The molecular weight excluding hydrogens is 278 g/mol. The molecule has 0 bridgehead atoms. The van der Waals surface area contributed by atoms with E-state index in [1.807, 2.05) is 11.4 Å². The third kappa shape index (κ3) is 3.25. The third-order valence-corrected chi connectivity index (χ3v) is 4.54. The fraction of sp³-hybridized carbons (Fsp3) is 0.571. The summed E-state index contributed by atoms with van der Waals surface area (Å²) in [7, 11) is 0. The molecule has 3 nitrogen and oxygen atoms in total. The average Bonchev–Trinajstić information content (AvgIpc) is 3.04. The largest absolute Gasteiger partial charge is 0.296 e. The minimum absolute atomic E-state index is 0.587. The Morgan fingerprint density at radius 3 is 3.00 bits per heavy atom. The van der Waals surface area contributed by atoms with E-state index in [0.717, 1.165) is 35.0 Å². The smallest absolute Gasteiger partial charge is 0.145 e. The van der Waals surface area contributed by atoms with Crippen LogP contribution < -0.4 is 0 Å². The highest BCUT2D eigenvalue weighted by Crippen LogP contribution is 2.30. The summed E-state index contributed by atoms with van der Waals surface area (Å²) in [5.74, 6) is 1.75. The maximum atomic E-state index is 6.22. The van der Waals surface area contributed by atoms with Gasteiger partial charge >= 0.3 is 0 Å². The van der Waals surface area contributed by atoms with Gasteiger partial charge in [-0.25, -0.2) is 9.97 Å². The van der Waals surface area contributed by atoms with Crippen molar-refractivity contribution in [1.29, 1.82) is 0 Å². The molecule has 5 heteroatoms. The molecule has 1 fully saturated rings. The van der Waals surface area contributed by atoms with Gasteiger partial charge in [0.25, 0.3) is 0 Å². The lowest BCUT2D eigenvalue weighted by atomic mass is 10.3. The Labute approximate surface area is 122 Å². The van der Waals surface area contributed by atoms with Gasteiger partial charge in [0.15, 0.2) is 0 Å². The maximum absolute atomic E-state index is 6.22. The first-order chi connectivity index (χ1) is 9.26. The minimum atomic E-state index is 0.587. The van der Waals surface area contributed by atoms with Crippen molar-refractivity contribution in [3.8, 4) is 0 Å². The van der Waals surface area contributed by atoms with Gasteiger partial charge in [-0.2, -0.15) is 0 Å². The number of hydrogen-bond acceptors (Lipinski definition) is 4. The minimum Gasteiger partial charge on any atom is -0.296 e. The van der Waals surface area contributed by atoms with Gasteiger partial charge in [0, 0.05) is 11.9 Å². The molecule has 1 aliphatic rings. The predicted octanol–water partition coefficient (Wildman–Crippen LogP) is 3.97. The van der Waals surface area contributed by atoms with Gasteiger partial charge in [0.1, 0.15) is 15.8 Å². The number of thiophene rings is 1. The molecule has 102 valence electrons. The summed E-state index contributed by atoms with van der Waals surface area (Å²) in [5.41, 5.74) is 0. The number of nitrogens with zero attached hydrogens (tertiary/aromatic N) is 3. The number of fused-ring (bicyclic) bond motifs is 1. The summed E-state index contributed by atoms with van der Waals surface area (Å²) in [4.78, 5) is 12.5. The van der Waals surface area contributed by atoms with E-state index in [9.17, 15) is 0 Å². The van der Waals surface area contributed by atoms with Crippen LogP contribution in [0.2, 0.25) is 5.15 Å². The van der Waals surface area contributed by atoms with Gasteiger partial charge in [-0.1, -0.05) is 18.5 Å². The van der Waals surface area contributed by atoms with E-state index in [4.69, 9.17) is 11.6 Å². The van der Waals surface area contributed by atoms with Crippen molar-refractivity contribution in [2.45, 2.75) is 32.7 Å². The molecule has 0 radical (unpaired) electrons.